The Kier molecular flexibility index (Phi) is 4.53. The number of hydrogen-bond donors (Lipinski definition) is 1. The molecule has 1 aromatic carbocycles. The van der Waals surface area contributed by atoms with Gasteiger partial charge in [0.2, 0.25) is 5.28 Å². The van der Waals surface area contributed by atoms with Crippen LogP contribution in [-0.4, -0.2) is 9.97 Å². The smallest absolute Gasteiger partial charge is 0.224 e. The standard InChI is InChI=1S/C11H7Br2ClFN3/c12-8-2-1-7(15)3-6(8)4-16-10-9(13)5-17-11(14)18-10/h1-3,5H,4H2,(H,16,17,18). The lowest BCUT2D eigenvalue weighted by molar-refractivity contribution is 0.625. The minimum Gasteiger partial charge on any atom is -0.365 e. The zero-order valence-corrected chi connectivity index (χ0v) is 12.9. The number of halogens is 4. The molecule has 0 aliphatic rings. The highest BCUT2D eigenvalue weighted by Crippen LogP contribution is 2.23. The zero-order chi connectivity index (χ0) is 13.1. The molecule has 18 heavy (non-hydrogen) atoms. The molecule has 0 atom stereocenters. The molecule has 0 fully saturated rings. The molecule has 1 aromatic heterocycles. The third kappa shape index (κ3) is 3.40. The van der Waals surface area contributed by atoms with Crippen LogP contribution in [0.25, 0.3) is 0 Å². The van der Waals surface area contributed by atoms with Crippen molar-refractivity contribution in [2.45, 2.75) is 6.54 Å². The molecule has 3 nitrogen and oxygen atoms in total. The van der Waals surface area contributed by atoms with Crippen molar-refractivity contribution in [1.82, 2.24) is 9.97 Å². The van der Waals surface area contributed by atoms with Gasteiger partial charge in [-0.05, 0) is 51.3 Å². The Bertz CT molecular complexity index is 529. The van der Waals surface area contributed by atoms with Crippen LogP contribution in [0, 0.1) is 5.82 Å². The van der Waals surface area contributed by atoms with E-state index < -0.39 is 0 Å². The zero-order valence-electron chi connectivity index (χ0n) is 8.92. The van der Waals surface area contributed by atoms with Crippen LogP contribution in [0.3, 0.4) is 0 Å². The molecule has 0 spiro atoms. The van der Waals surface area contributed by atoms with Gasteiger partial charge in [-0.2, -0.15) is 4.98 Å². The predicted octanol–water partition coefficient (Wildman–Crippen LogP) is 4.41. The third-order valence-corrected chi connectivity index (χ3v) is 3.70. The second-order valence-electron chi connectivity index (χ2n) is 3.42. The molecule has 0 unspecified atom stereocenters. The van der Waals surface area contributed by atoms with Gasteiger partial charge < -0.3 is 5.32 Å². The van der Waals surface area contributed by atoms with Gasteiger partial charge >= 0.3 is 0 Å². The number of hydrogen-bond acceptors (Lipinski definition) is 3. The van der Waals surface area contributed by atoms with Crippen LogP contribution in [0.15, 0.2) is 33.3 Å². The summed E-state index contributed by atoms with van der Waals surface area (Å²) in [4.78, 5) is 7.85. The molecule has 0 radical (unpaired) electrons. The van der Waals surface area contributed by atoms with E-state index in [4.69, 9.17) is 11.6 Å². The van der Waals surface area contributed by atoms with E-state index in [0.29, 0.717) is 16.8 Å². The topological polar surface area (TPSA) is 37.8 Å². The van der Waals surface area contributed by atoms with Crippen molar-refractivity contribution >= 4 is 49.3 Å². The van der Waals surface area contributed by atoms with Gasteiger partial charge in [-0.3, -0.25) is 0 Å². The van der Waals surface area contributed by atoms with Gasteiger partial charge in [0, 0.05) is 17.2 Å². The Morgan fingerprint density at radius 2 is 2.06 bits per heavy atom. The van der Waals surface area contributed by atoms with Crippen LogP contribution in [0.5, 0.6) is 0 Å². The van der Waals surface area contributed by atoms with Gasteiger partial charge in [0.1, 0.15) is 11.6 Å². The Balaban J connectivity index is 2.16. The summed E-state index contributed by atoms with van der Waals surface area (Å²) >= 11 is 12.4. The second kappa shape index (κ2) is 5.95. The van der Waals surface area contributed by atoms with Gasteiger partial charge in [-0.25, -0.2) is 9.37 Å². The highest BCUT2D eigenvalue weighted by molar-refractivity contribution is 9.10. The Morgan fingerprint density at radius 1 is 1.28 bits per heavy atom. The molecule has 0 saturated carbocycles. The van der Waals surface area contributed by atoms with Crippen molar-refractivity contribution < 1.29 is 4.39 Å². The lowest BCUT2D eigenvalue weighted by Crippen LogP contribution is -2.04. The van der Waals surface area contributed by atoms with Gasteiger partial charge in [0.05, 0.1) is 4.47 Å². The fourth-order valence-corrected chi connectivity index (χ4v) is 2.18. The summed E-state index contributed by atoms with van der Waals surface area (Å²) in [5.41, 5.74) is 0.789. The van der Waals surface area contributed by atoms with E-state index in [1.54, 1.807) is 12.3 Å². The Hall–Kier alpha value is -0.720. The average Bonchev–Trinajstić information content (AvgIpc) is 2.34. The summed E-state index contributed by atoms with van der Waals surface area (Å²) in [6.45, 7) is 0.421. The molecule has 0 bridgehead atoms. The molecular weight excluding hydrogens is 388 g/mol. The highest BCUT2D eigenvalue weighted by Gasteiger charge is 2.06. The fraction of sp³-hybridized carbons (Fsp3) is 0.0909. The van der Waals surface area contributed by atoms with Crippen molar-refractivity contribution in [2.24, 2.45) is 0 Å². The molecule has 0 saturated heterocycles. The van der Waals surface area contributed by atoms with Crippen molar-refractivity contribution in [3.8, 4) is 0 Å². The van der Waals surface area contributed by atoms with Crippen LogP contribution in [0.1, 0.15) is 5.56 Å². The maximum atomic E-state index is 13.1. The lowest BCUT2D eigenvalue weighted by atomic mass is 10.2. The molecule has 2 rings (SSSR count). The van der Waals surface area contributed by atoms with Crippen LogP contribution < -0.4 is 5.32 Å². The number of anilines is 1. The van der Waals surface area contributed by atoms with Gasteiger partial charge in [0.15, 0.2) is 0 Å². The first-order chi connectivity index (χ1) is 8.56. The van der Waals surface area contributed by atoms with Crippen molar-refractivity contribution in [1.29, 1.82) is 0 Å². The maximum Gasteiger partial charge on any atom is 0.224 e. The van der Waals surface area contributed by atoms with Crippen molar-refractivity contribution in [3.05, 3.63) is 50.0 Å². The first-order valence-electron chi connectivity index (χ1n) is 4.92. The first-order valence-corrected chi connectivity index (χ1v) is 6.88. The number of benzene rings is 1. The van der Waals surface area contributed by atoms with E-state index in [1.807, 2.05) is 0 Å². The van der Waals surface area contributed by atoms with E-state index in [1.165, 1.54) is 12.1 Å². The van der Waals surface area contributed by atoms with Crippen LogP contribution in [0.4, 0.5) is 10.2 Å². The molecule has 0 amide bonds. The maximum absolute atomic E-state index is 13.1. The number of aromatic nitrogens is 2. The quantitative estimate of drug-likeness (QED) is 0.783. The van der Waals surface area contributed by atoms with E-state index in [9.17, 15) is 4.39 Å². The van der Waals surface area contributed by atoms with Crippen molar-refractivity contribution in [3.63, 3.8) is 0 Å². The second-order valence-corrected chi connectivity index (χ2v) is 5.47. The summed E-state index contributed by atoms with van der Waals surface area (Å²) < 4.78 is 14.6. The Morgan fingerprint density at radius 3 is 2.83 bits per heavy atom. The van der Waals surface area contributed by atoms with Gasteiger partial charge in [-0.15, -0.1) is 0 Å². The molecule has 0 aliphatic heterocycles. The van der Waals surface area contributed by atoms with E-state index in [0.717, 1.165) is 10.0 Å². The summed E-state index contributed by atoms with van der Waals surface area (Å²) in [7, 11) is 0. The molecule has 0 aliphatic carbocycles. The van der Waals surface area contributed by atoms with Crippen molar-refractivity contribution in [2.75, 3.05) is 5.32 Å². The SMILES string of the molecule is Fc1ccc(Br)c(CNc2nc(Cl)ncc2Br)c1. The largest absolute Gasteiger partial charge is 0.365 e. The van der Waals surface area contributed by atoms with E-state index in [-0.39, 0.29) is 11.1 Å². The third-order valence-electron chi connectivity index (χ3n) is 2.17. The monoisotopic (exact) mass is 393 g/mol. The molecular formula is C11H7Br2ClFN3. The lowest BCUT2D eigenvalue weighted by Gasteiger charge is -2.09. The summed E-state index contributed by atoms with van der Waals surface area (Å²) in [6, 6.07) is 4.51. The molecule has 1 N–H and O–H groups in total. The normalized spacial score (nSPS) is 10.4. The average molecular weight is 395 g/mol. The van der Waals surface area contributed by atoms with Crippen LogP contribution in [-0.2, 0) is 6.54 Å². The van der Waals surface area contributed by atoms with Gasteiger partial charge in [0.25, 0.3) is 0 Å². The minimum atomic E-state index is -0.283. The molecule has 1 heterocycles. The fourth-order valence-electron chi connectivity index (χ4n) is 1.33. The number of nitrogens with zero attached hydrogens (tertiary/aromatic N) is 2. The summed E-state index contributed by atoms with van der Waals surface area (Å²) in [5.74, 6) is 0.279. The summed E-state index contributed by atoms with van der Waals surface area (Å²) in [5, 5.41) is 3.21. The molecule has 94 valence electrons. The first kappa shape index (κ1) is 13.7. The van der Waals surface area contributed by atoms with E-state index in [2.05, 4.69) is 47.1 Å². The van der Waals surface area contributed by atoms with E-state index >= 15 is 0 Å². The Labute approximate surface area is 125 Å². The number of nitrogens with one attached hydrogen (secondary N) is 1. The van der Waals surface area contributed by atoms with Crippen LogP contribution in [0.2, 0.25) is 5.28 Å². The highest BCUT2D eigenvalue weighted by atomic mass is 79.9. The van der Waals surface area contributed by atoms with Crippen LogP contribution >= 0.6 is 43.5 Å². The summed E-state index contributed by atoms with van der Waals surface area (Å²) in [6.07, 6.45) is 1.55. The predicted molar refractivity (Wildman–Crippen MR) is 76.2 cm³/mol. The molecule has 7 heteroatoms. The molecule has 2 aromatic rings. The minimum absolute atomic E-state index is 0.152. The van der Waals surface area contributed by atoms with Gasteiger partial charge in [-0.1, -0.05) is 15.9 Å². The number of rotatable bonds is 3.